The molecule has 2 heteroatoms. The highest BCUT2D eigenvalue weighted by molar-refractivity contribution is 5.19. The lowest BCUT2D eigenvalue weighted by Gasteiger charge is -2.12. The molecule has 2 unspecified atom stereocenters. The molecule has 1 fully saturated rings. The topological polar surface area (TPSA) is 25.2 Å². The van der Waals surface area contributed by atoms with Gasteiger partial charge in [-0.25, -0.2) is 0 Å². The Hall–Kier alpha value is -1.54. The first kappa shape index (κ1) is 12.5. The predicted octanol–water partition coefficient (Wildman–Crippen LogP) is 4.25. The first-order chi connectivity index (χ1) is 9.24. The van der Waals surface area contributed by atoms with Gasteiger partial charge in [0.05, 0.1) is 6.54 Å². The summed E-state index contributed by atoms with van der Waals surface area (Å²) < 4.78 is 5.90. The highest BCUT2D eigenvalue weighted by Crippen LogP contribution is 2.47. The summed E-state index contributed by atoms with van der Waals surface area (Å²) in [7, 11) is 0. The molecule has 1 aliphatic rings. The van der Waals surface area contributed by atoms with Crippen LogP contribution in [0.5, 0.6) is 0 Å². The molecule has 2 nitrogen and oxygen atoms in total. The van der Waals surface area contributed by atoms with E-state index in [1.807, 2.05) is 6.07 Å². The smallest absolute Gasteiger partial charge is 0.117 e. The molecule has 0 bridgehead atoms. The van der Waals surface area contributed by atoms with E-state index in [4.69, 9.17) is 4.42 Å². The van der Waals surface area contributed by atoms with Crippen molar-refractivity contribution in [1.82, 2.24) is 5.32 Å². The molecule has 1 aromatic heterocycles. The lowest BCUT2D eigenvalue weighted by atomic mass is 10.1. The van der Waals surface area contributed by atoms with Crippen LogP contribution in [0.3, 0.4) is 0 Å². The maximum atomic E-state index is 5.90. The SMILES string of the molecule is CC1CC1c1ccc(CN[C@H](C)c2ccccc2)o1. The summed E-state index contributed by atoms with van der Waals surface area (Å²) >= 11 is 0. The largest absolute Gasteiger partial charge is 0.464 e. The van der Waals surface area contributed by atoms with Crippen LogP contribution in [-0.4, -0.2) is 0 Å². The Labute approximate surface area is 114 Å². The number of furan rings is 1. The van der Waals surface area contributed by atoms with Crippen molar-refractivity contribution in [2.75, 3.05) is 0 Å². The molecule has 0 spiro atoms. The zero-order valence-electron chi connectivity index (χ0n) is 11.6. The zero-order valence-corrected chi connectivity index (χ0v) is 11.6. The van der Waals surface area contributed by atoms with Gasteiger partial charge in [0.15, 0.2) is 0 Å². The van der Waals surface area contributed by atoms with Gasteiger partial charge in [-0.15, -0.1) is 0 Å². The molecule has 3 rings (SSSR count). The molecule has 1 aliphatic carbocycles. The second-order valence-electron chi connectivity index (χ2n) is 5.64. The van der Waals surface area contributed by atoms with Crippen molar-refractivity contribution in [2.45, 2.75) is 38.8 Å². The minimum absolute atomic E-state index is 0.342. The Kier molecular flexibility index (Phi) is 3.43. The van der Waals surface area contributed by atoms with Gasteiger partial charge >= 0.3 is 0 Å². The van der Waals surface area contributed by atoms with Crippen LogP contribution in [0.25, 0.3) is 0 Å². The number of benzene rings is 1. The average molecular weight is 255 g/mol. The van der Waals surface area contributed by atoms with E-state index in [-0.39, 0.29) is 0 Å². The normalized spacial score (nSPS) is 23.3. The Balaban J connectivity index is 1.56. The summed E-state index contributed by atoms with van der Waals surface area (Å²) in [6.07, 6.45) is 1.28. The van der Waals surface area contributed by atoms with Crippen molar-refractivity contribution in [3.63, 3.8) is 0 Å². The monoisotopic (exact) mass is 255 g/mol. The molecule has 2 aromatic rings. The fraction of sp³-hybridized carbons (Fsp3) is 0.412. The van der Waals surface area contributed by atoms with Gasteiger partial charge in [0.2, 0.25) is 0 Å². The van der Waals surface area contributed by atoms with Crippen LogP contribution in [0.4, 0.5) is 0 Å². The third-order valence-corrected chi connectivity index (χ3v) is 4.04. The molecule has 1 heterocycles. The second-order valence-corrected chi connectivity index (χ2v) is 5.64. The predicted molar refractivity (Wildman–Crippen MR) is 76.9 cm³/mol. The van der Waals surface area contributed by atoms with Crippen molar-refractivity contribution in [3.8, 4) is 0 Å². The van der Waals surface area contributed by atoms with E-state index in [0.29, 0.717) is 12.0 Å². The van der Waals surface area contributed by atoms with Gasteiger partial charge in [-0.2, -0.15) is 0 Å². The van der Waals surface area contributed by atoms with Crippen LogP contribution in [0.2, 0.25) is 0 Å². The summed E-state index contributed by atoms with van der Waals surface area (Å²) in [4.78, 5) is 0. The van der Waals surface area contributed by atoms with Crippen molar-refractivity contribution in [2.24, 2.45) is 5.92 Å². The summed E-state index contributed by atoms with van der Waals surface area (Å²) in [6.45, 7) is 5.25. The summed E-state index contributed by atoms with van der Waals surface area (Å²) in [5.74, 6) is 3.67. The molecule has 0 radical (unpaired) electrons. The summed E-state index contributed by atoms with van der Waals surface area (Å²) in [6, 6.07) is 15.1. The van der Waals surface area contributed by atoms with E-state index < -0.39 is 0 Å². The Morgan fingerprint density at radius 3 is 2.63 bits per heavy atom. The molecule has 1 saturated carbocycles. The van der Waals surface area contributed by atoms with Crippen molar-refractivity contribution < 1.29 is 4.42 Å². The second kappa shape index (κ2) is 5.22. The van der Waals surface area contributed by atoms with Crippen LogP contribution in [0.15, 0.2) is 46.9 Å². The van der Waals surface area contributed by atoms with Gasteiger partial charge in [-0.1, -0.05) is 37.3 Å². The minimum Gasteiger partial charge on any atom is -0.464 e. The van der Waals surface area contributed by atoms with Crippen LogP contribution in [-0.2, 0) is 6.54 Å². The Bertz CT molecular complexity index is 531. The van der Waals surface area contributed by atoms with E-state index in [1.165, 1.54) is 12.0 Å². The van der Waals surface area contributed by atoms with Crippen LogP contribution in [0.1, 0.15) is 49.3 Å². The lowest BCUT2D eigenvalue weighted by Crippen LogP contribution is -2.17. The highest BCUT2D eigenvalue weighted by Gasteiger charge is 2.36. The quantitative estimate of drug-likeness (QED) is 0.863. The molecule has 0 saturated heterocycles. The molecule has 19 heavy (non-hydrogen) atoms. The minimum atomic E-state index is 0.342. The molecule has 0 aliphatic heterocycles. The first-order valence-corrected chi connectivity index (χ1v) is 7.11. The number of nitrogens with one attached hydrogen (secondary N) is 1. The van der Waals surface area contributed by atoms with E-state index in [9.17, 15) is 0 Å². The van der Waals surface area contributed by atoms with E-state index in [1.54, 1.807) is 0 Å². The molecule has 1 aromatic carbocycles. The third-order valence-electron chi connectivity index (χ3n) is 4.04. The molecular formula is C17H21NO. The third kappa shape index (κ3) is 2.90. The Morgan fingerprint density at radius 2 is 1.95 bits per heavy atom. The lowest BCUT2D eigenvalue weighted by molar-refractivity contribution is 0.430. The van der Waals surface area contributed by atoms with Gasteiger partial charge in [0.1, 0.15) is 11.5 Å². The first-order valence-electron chi connectivity index (χ1n) is 7.11. The van der Waals surface area contributed by atoms with Gasteiger partial charge < -0.3 is 9.73 Å². The van der Waals surface area contributed by atoms with Gasteiger partial charge in [-0.05, 0) is 37.0 Å². The fourth-order valence-electron chi connectivity index (χ4n) is 2.52. The highest BCUT2D eigenvalue weighted by atomic mass is 16.3. The van der Waals surface area contributed by atoms with E-state index >= 15 is 0 Å². The van der Waals surface area contributed by atoms with Crippen molar-refractivity contribution >= 4 is 0 Å². The molecular weight excluding hydrogens is 234 g/mol. The van der Waals surface area contributed by atoms with Crippen LogP contribution >= 0.6 is 0 Å². The van der Waals surface area contributed by atoms with Crippen molar-refractivity contribution in [3.05, 3.63) is 59.5 Å². The molecule has 3 atom stereocenters. The zero-order chi connectivity index (χ0) is 13.2. The average Bonchev–Trinajstić information content (AvgIpc) is 3.00. The number of rotatable bonds is 5. The van der Waals surface area contributed by atoms with E-state index in [0.717, 1.165) is 24.0 Å². The van der Waals surface area contributed by atoms with Crippen molar-refractivity contribution in [1.29, 1.82) is 0 Å². The maximum absolute atomic E-state index is 5.90. The van der Waals surface area contributed by atoms with Crippen LogP contribution < -0.4 is 5.32 Å². The Morgan fingerprint density at radius 1 is 1.21 bits per heavy atom. The molecule has 0 amide bonds. The van der Waals surface area contributed by atoms with Gasteiger partial charge in [0, 0.05) is 12.0 Å². The van der Waals surface area contributed by atoms with Gasteiger partial charge in [0.25, 0.3) is 0 Å². The number of hydrogen-bond donors (Lipinski definition) is 1. The van der Waals surface area contributed by atoms with Crippen LogP contribution in [0, 0.1) is 5.92 Å². The fourth-order valence-corrected chi connectivity index (χ4v) is 2.52. The summed E-state index contributed by atoms with van der Waals surface area (Å²) in [5, 5.41) is 3.51. The summed E-state index contributed by atoms with van der Waals surface area (Å²) in [5.41, 5.74) is 1.31. The molecule has 100 valence electrons. The standard InChI is InChI=1S/C17H21NO/c1-12-10-16(12)17-9-8-15(19-17)11-18-13(2)14-6-4-3-5-7-14/h3-9,12-13,16,18H,10-11H2,1-2H3/t12?,13-,16?/m1/s1. The maximum Gasteiger partial charge on any atom is 0.117 e. The van der Waals surface area contributed by atoms with Gasteiger partial charge in [-0.3, -0.25) is 0 Å². The molecule has 1 N–H and O–H groups in total. The van der Waals surface area contributed by atoms with E-state index in [2.05, 4.69) is 55.6 Å². The number of hydrogen-bond acceptors (Lipinski definition) is 2.